The van der Waals surface area contributed by atoms with E-state index in [1.54, 1.807) is 0 Å². The average Bonchev–Trinajstić information content (AvgIpc) is 2.52. The summed E-state index contributed by atoms with van der Waals surface area (Å²) in [5.41, 5.74) is 4.62. The fourth-order valence-corrected chi connectivity index (χ4v) is 2.81. The lowest BCUT2D eigenvalue weighted by Crippen LogP contribution is -2.34. The van der Waals surface area contributed by atoms with Crippen LogP contribution in [0.25, 0.3) is 0 Å². The van der Waals surface area contributed by atoms with Crippen LogP contribution in [0.4, 0.5) is 5.95 Å². The molecule has 2 aromatic heterocycles. The van der Waals surface area contributed by atoms with Gasteiger partial charge < -0.3 is 4.90 Å². The molecule has 0 radical (unpaired) electrons. The van der Waals surface area contributed by atoms with E-state index in [-0.39, 0.29) is 0 Å². The lowest BCUT2D eigenvalue weighted by molar-refractivity contribution is 0.434. The Balaban J connectivity index is 1.74. The van der Waals surface area contributed by atoms with Crippen molar-refractivity contribution in [2.24, 2.45) is 5.92 Å². The number of aromatic nitrogens is 3. The van der Waals surface area contributed by atoms with Gasteiger partial charge in [-0.25, -0.2) is 9.97 Å². The molecule has 2 aromatic rings. The number of hydrogen-bond donors (Lipinski definition) is 0. The molecule has 3 rings (SSSR count). The Morgan fingerprint density at radius 1 is 1.09 bits per heavy atom. The van der Waals surface area contributed by atoms with Crippen molar-refractivity contribution in [3.63, 3.8) is 0 Å². The number of piperidine rings is 1. The molecule has 0 spiro atoms. The third-order valence-electron chi connectivity index (χ3n) is 4.56. The largest absolute Gasteiger partial charge is 0.341 e. The number of hydrogen-bond acceptors (Lipinski definition) is 4. The van der Waals surface area contributed by atoms with Gasteiger partial charge in [0.05, 0.1) is 5.69 Å². The van der Waals surface area contributed by atoms with Crippen molar-refractivity contribution in [1.29, 1.82) is 0 Å². The van der Waals surface area contributed by atoms with Gasteiger partial charge in [-0.05, 0) is 55.9 Å². The highest BCUT2D eigenvalue weighted by atomic mass is 15.2. The van der Waals surface area contributed by atoms with Crippen LogP contribution in [0.3, 0.4) is 0 Å². The van der Waals surface area contributed by atoms with Crippen LogP contribution in [0.2, 0.25) is 0 Å². The van der Waals surface area contributed by atoms with Crippen LogP contribution >= 0.6 is 0 Å². The second kappa shape index (κ2) is 6.42. The molecule has 0 aliphatic carbocycles. The Morgan fingerprint density at radius 2 is 1.86 bits per heavy atom. The summed E-state index contributed by atoms with van der Waals surface area (Å²) in [5, 5.41) is 0. The lowest BCUT2D eigenvalue weighted by Gasteiger charge is -2.30. The zero-order chi connectivity index (χ0) is 15.5. The molecule has 1 aliphatic rings. The van der Waals surface area contributed by atoms with Gasteiger partial charge in [0.15, 0.2) is 0 Å². The van der Waals surface area contributed by atoms with Crippen molar-refractivity contribution >= 4 is 5.95 Å². The Bertz CT molecular complexity index is 645. The molecule has 4 heteroatoms. The third kappa shape index (κ3) is 3.43. The number of nitrogens with zero attached hydrogens (tertiary/aromatic N) is 4. The minimum absolute atomic E-state index is 0.765. The van der Waals surface area contributed by atoms with E-state index in [0.717, 1.165) is 42.8 Å². The molecular weight excluding hydrogens is 272 g/mol. The minimum atomic E-state index is 0.765. The fraction of sp³-hybridized carbons (Fsp3) is 0.500. The molecule has 0 bridgehead atoms. The second-order valence-corrected chi connectivity index (χ2v) is 6.45. The maximum Gasteiger partial charge on any atom is 0.225 e. The number of aryl methyl sites for hydroxylation is 2. The highest BCUT2D eigenvalue weighted by Crippen LogP contribution is 2.20. The van der Waals surface area contributed by atoms with E-state index in [1.807, 2.05) is 18.5 Å². The van der Waals surface area contributed by atoms with Crippen LogP contribution in [-0.2, 0) is 6.42 Å². The molecule has 0 atom stereocenters. The molecule has 1 aliphatic heterocycles. The van der Waals surface area contributed by atoms with Crippen LogP contribution in [0.1, 0.15) is 42.3 Å². The molecule has 0 amide bonds. The maximum absolute atomic E-state index is 4.74. The first-order valence-corrected chi connectivity index (χ1v) is 8.11. The molecule has 4 nitrogen and oxygen atoms in total. The Labute approximate surface area is 132 Å². The summed E-state index contributed by atoms with van der Waals surface area (Å²) in [5.74, 6) is 1.69. The van der Waals surface area contributed by atoms with Crippen molar-refractivity contribution in [2.45, 2.75) is 40.0 Å². The summed E-state index contributed by atoms with van der Waals surface area (Å²) in [7, 11) is 0. The Morgan fingerprint density at radius 3 is 2.59 bits per heavy atom. The van der Waals surface area contributed by atoms with Gasteiger partial charge in [0.1, 0.15) is 0 Å². The summed E-state index contributed by atoms with van der Waals surface area (Å²) >= 11 is 0. The molecular formula is C18H24N4. The normalized spacial score (nSPS) is 16.0. The van der Waals surface area contributed by atoms with Crippen molar-refractivity contribution in [3.8, 4) is 0 Å². The minimum Gasteiger partial charge on any atom is -0.341 e. The van der Waals surface area contributed by atoms with E-state index in [1.165, 1.54) is 24.0 Å². The van der Waals surface area contributed by atoms with Gasteiger partial charge >= 0.3 is 0 Å². The molecule has 1 fully saturated rings. The van der Waals surface area contributed by atoms with E-state index in [9.17, 15) is 0 Å². The summed E-state index contributed by atoms with van der Waals surface area (Å²) in [6, 6.07) is 4.15. The lowest BCUT2D eigenvalue weighted by atomic mass is 10.00. The molecule has 0 N–H and O–H groups in total. The van der Waals surface area contributed by atoms with Crippen molar-refractivity contribution in [2.75, 3.05) is 18.0 Å². The van der Waals surface area contributed by atoms with Gasteiger partial charge in [0, 0.05) is 37.6 Å². The molecule has 0 aromatic carbocycles. The molecule has 0 saturated carbocycles. The van der Waals surface area contributed by atoms with E-state index in [2.05, 4.69) is 41.7 Å². The predicted octanol–water partition coefficient (Wildman–Crippen LogP) is 3.32. The number of rotatable bonds is 3. The topological polar surface area (TPSA) is 41.9 Å². The predicted molar refractivity (Wildman–Crippen MR) is 89.2 cm³/mol. The number of anilines is 1. The molecule has 116 valence electrons. The van der Waals surface area contributed by atoms with E-state index in [0.29, 0.717) is 0 Å². The van der Waals surface area contributed by atoms with Gasteiger partial charge in [0.25, 0.3) is 0 Å². The van der Waals surface area contributed by atoms with Crippen molar-refractivity contribution in [3.05, 3.63) is 47.0 Å². The van der Waals surface area contributed by atoms with Crippen molar-refractivity contribution in [1.82, 2.24) is 15.0 Å². The SMILES string of the molecule is Cc1cnc(Cc2ccnc(N3CCC(C)CC3)n2)cc1C. The van der Waals surface area contributed by atoms with E-state index >= 15 is 0 Å². The summed E-state index contributed by atoms with van der Waals surface area (Å²) in [4.78, 5) is 16.0. The van der Waals surface area contributed by atoms with Crippen molar-refractivity contribution < 1.29 is 0 Å². The highest BCUT2D eigenvalue weighted by Gasteiger charge is 2.18. The molecule has 22 heavy (non-hydrogen) atoms. The third-order valence-corrected chi connectivity index (χ3v) is 4.56. The summed E-state index contributed by atoms with van der Waals surface area (Å²) < 4.78 is 0. The molecule has 3 heterocycles. The summed E-state index contributed by atoms with van der Waals surface area (Å²) in [6.45, 7) is 8.66. The van der Waals surface area contributed by atoms with Crippen LogP contribution < -0.4 is 4.90 Å². The van der Waals surface area contributed by atoms with Gasteiger partial charge in [-0.1, -0.05) is 6.92 Å². The second-order valence-electron chi connectivity index (χ2n) is 6.45. The first-order valence-electron chi connectivity index (χ1n) is 8.11. The van der Waals surface area contributed by atoms with Crippen LogP contribution in [0.15, 0.2) is 24.5 Å². The van der Waals surface area contributed by atoms with E-state index < -0.39 is 0 Å². The van der Waals surface area contributed by atoms with Crippen LogP contribution in [0.5, 0.6) is 0 Å². The number of pyridine rings is 1. The maximum atomic E-state index is 4.74. The Hall–Kier alpha value is -1.97. The highest BCUT2D eigenvalue weighted by molar-refractivity contribution is 5.32. The quantitative estimate of drug-likeness (QED) is 0.871. The van der Waals surface area contributed by atoms with Crippen LogP contribution in [0, 0.1) is 19.8 Å². The summed E-state index contributed by atoms with van der Waals surface area (Å²) in [6.07, 6.45) is 7.04. The van der Waals surface area contributed by atoms with Gasteiger partial charge in [-0.15, -0.1) is 0 Å². The first-order chi connectivity index (χ1) is 10.6. The fourth-order valence-electron chi connectivity index (χ4n) is 2.81. The van der Waals surface area contributed by atoms with Crippen LogP contribution in [-0.4, -0.2) is 28.0 Å². The van der Waals surface area contributed by atoms with Gasteiger partial charge in [-0.3, -0.25) is 4.98 Å². The smallest absolute Gasteiger partial charge is 0.225 e. The standard InChI is InChI=1S/C18H24N4/c1-13-5-8-22(9-6-13)18-19-7-4-16(21-18)11-17-10-14(2)15(3)12-20-17/h4,7,10,12-13H,5-6,8-9,11H2,1-3H3. The molecule has 0 unspecified atom stereocenters. The zero-order valence-corrected chi connectivity index (χ0v) is 13.7. The van der Waals surface area contributed by atoms with Gasteiger partial charge in [0.2, 0.25) is 5.95 Å². The zero-order valence-electron chi connectivity index (χ0n) is 13.7. The average molecular weight is 296 g/mol. The Kier molecular flexibility index (Phi) is 4.36. The first kappa shape index (κ1) is 14.9. The molecule has 1 saturated heterocycles. The monoisotopic (exact) mass is 296 g/mol. The van der Waals surface area contributed by atoms with E-state index in [4.69, 9.17) is 4.98 Å². The van der Waals surface area contributed by atoms with Gasteiger partial charge in [-0.2, -0.15) is 0 Å².